The molecular formula is C15H18O3. The standard InChI is InChI=1S/C15H18O3/c1-3-18-15(17)10-6-9-13-7-4-5-8-14(13)11-12(2)16/h4-9H,3,10-11H2,1-2H3. The van der Waals surface area contributed by atoms with Crippen molar-refractivity contribution in [2.24, 2.45) is 0 Å². The van der Waals surface area contributed by atoms with Crippen molar-refractivity contribution in [2.45, 2.75) is 26.7 Å². The molecule has 0 spiro atoms. The van der Waals surface area contributed by atoms with Gasteiger partial charge in [-0.05, 0) is 25.0 Å². The molecule has 1 aromatic rings. The molecular weight excluding hydrogens is 228 g/mol. The Kier molecular flexibility index (Phi) is 5.85. The molecule has 0 saturated carbocycles. The van der Waals surface area contributed by atoms with Crippen molar-refractivity contribution in [1.82, 2.24) is 0 Å². The molecule has 0 aliphatic rings. The van der Waals surface area contributed by atoms with E-state index in [1.165, 1.54) is 0 Å². The van der Waals surface area contributed by atoms with E-state index in [0.29, 0.717) is 13.0 Å². The first-order valence-electron chi connectivity index (χ1n) is 6.03. The zero-order chi connectivity index (χ0) is 13.4. The average Bonchev–Trinajstić information content (AvgIpc) is 2.31. The number of benzene rings is 1. The Morgan fingerprint density at radius 1 is 1.28 bits per heavy atom. The molecule has 0 aliphatic heterocycles. The largest absolute Gasteiger partial charge is 0.466 e. The lowest BCUT2D eigenvalue weighted by Crippen LogP contribution is -2.01. The summed E-state index contributed by atoms with van der Waals surface area (Å²) in [6.45, 7) is 3.75. The van der Waals surface area contributed by atoms with E-state index in [1.807, 2.05) is 30.3 Å². The molecule has 0 saturated heterocycles. The van der Waals surface area contributed by atoms with Crippen molar-refractivity contribution < 1.29 is 14.3 Å². The van der Waals surface area contributed by atoms with Gasteiger partial charge in [-0.15, -0.1) is 0 Å². The summed E-state index contributed by atoms with van der Waals surface area (Å²) in [4.78, 5) is 22.3. The number of hydrogen-bond acceptors (Lipinski definition) is 3. The molecule has 0 N–H and O–H groups in total. The number of carbonyl (C=O) groups is 2. The molecule has 0 bridgehead atoms. The molecule has 0 unspecified atom stereocenters. The van der Waals surface area contributed by atoms with Crippen LogP contribution in [0, 0.1) is 0 Å². The number of carbonyl (C=O) groups excluding carboxylic acids is 2. The first-order valence-corrected chi connectivity index (χ1v) is 6.03. The minimum Gasteiger partial charge on any atom is -0.466 e. The van der Waals surface area contributed by atoms with Crippen molar-refractivity contribution in [1.29, 1.82) is 0 Å². The van der Waals surface area contributed by atoms with Gasteiger partial charge < -0.3 is 4.74 Å². The van der Waals surface area contributed by atoms with E-state index >= 15 is 0 Å². The van der Waals surface area contributed by atoms with Crippen LogP contribution < -0.4 is 0 Å². The molecule has 0 atom stereocenters. The van der Waals surface area contributed by atoms with E-state index in [0.717, 1.165) is 11.1 Å². The molecule has 96 valence electrons. The summed E-state index contributed by atoms with van der Waals surface area (Å²) in [6.07, 6.45) is 4.29. The normalized spacial score (nSPS) is 10.6. The second-order valence-corrected chi connectivity index (χ2v) is 3.99. The van der Waals surface area contributed by atoms with E-state index < -0.39 is 0 Å². The van der Waals surface area contributed by atoms with Crippen LogP contribution in [0.2, 0.25) is 0 Å². The molecule has 0 aromatic heterocycles. The quantitative estimate of drug-likeness (QED) is 0.725. The Balaban J connectivity index is 2.68. The molecule has 0 aliphatic carbocycles. The fourth-order valence-electron chi connectivity index (χ4n) is 1.63. The minimum absolute atomic E-state index is 0.126. The summed E-state index contributed by atoms with van der Waals surface area (Å²) in [5.74, 6) is -0.112. The van der Waals surface area contributed by atoms with Gasteiger partial charge >= 0.3 is 5.97 Å². The second-order valence-electron chi connectivity index (χ2n) is 3.99. The zero-order valence-corrected chi connectivity index (χ0v) is 10.8. The number of ketones is 1. The van der Waals surface area contributed by atoms with E-state index in [2.05, 4.69) is 0 Å². The highest BCUT2D eigenvalue weighted by atomic mass is 16.5. The van der Waals surface area contributed by atoms with Gasteiger partial charge in [0.05, 0.1) is 13.0 Å². The van der Waals surface area contributed by atoms with Gasteiger partial charge in [0.15, 0.2) is 0 Å². The predicted molar refractivity (Wildman–Crippen MR) is 71.1 cm³/mol. The SMILES string of the molecule is CCOC(=O)CC=Cc1ccccc1CC(C)=O. The van der Waals surface area contributed by atoms with Crippen LogP contribution in [0.5, 0.6) is 0 Å². The van der Waals surface area contributed by atoms with Crippen molar-refractivity contribution in [2.75, 3.05) is 6.61 Å². The maximum absolute atomic E-state index is 11.2. The molecule has 0 radical (unpaired) electrons. The first kappa shape index (κ1) is 14.2. The molecule has 1 aromatic carbocycles. The van der Waals surface area contributed by atoms with Crippen molar-refractivity contribution >= 4 is 17.8 Å². The Bertz CT molecular complexity index is 447. The summed E-state index contributed by atoms with van der Waals surface area (Å²) >= 11 is 0. The number of esters is 1. The van der Waals surface area contributed by atoms with E-state index in [-0.39, 0.29) is 18.2 Å². The summed E-state index contributed by atoms with van der Waals surface area (Å²) in [5.41, 5.74) is 1.95. The van der Waals surface area contributed by atoms with Gasteiger partial charge in [-0.2, -0.15) is 0 Å². The summed E-state index contributed by atoms with van der Waals surface area (Å²) < 4.78 is 4.83. The topological polar surface area (TPSA) is 43.4 Å². The van der Waals surface area contributed by atoms with Gasteiger partial charge in [-0.3, -0.25) is 9.59 Å². The minimum atomic E-state index is -0.238. The number of Topliss-reactive ketones (excluding diaryl/α,β-unsaturated/α-hetero) is 1. The lowest BCUT2D eigenvalue weighted by Gasteiger charge is -2.03. The maximum Gasteiger partial charge on any atom is 0.309 e. The van der Waals surface area contributed by atoms with E-state index in [4.69, 9.17) is 4.74 Å². The first-order chi connectivity index (χ1) is 8.63. The van der Waals surface area contributed by atoms with Crippen LogP contribution in [-0.4, -0.2) is 18.4 Å². The van der Waals surface area contributed by atoms with Crippen molar-refractivity contribution in [3.63, 3.8) is 0 Å². The number of hydrogen-bond donors (Lipinski definition) is 0. The highest BCUT2D eigenvalue weighted by molar-refractivity contribution is 5.79. The molecule has 0 heterocycles. The van der Waals surface area contributed by atoms with Crippen LogP contribution in [-0.2, 0) is 20.7 Å². The van der Waals surface area contributed by atoms with Crippen LogP contribution >= 0.6 is 0 Å². The molecule has 0 fully saturated rings. The third-order valence-electron chi connectivity index (χ3n) is 2.38. The molecule has 1 rings (SSSR count). The van der Waals surface area contributed by atoms with Crippen LogP contribution in [0.15, 0.2) is 30.3 Å². The van der Waals surface area contributed by atoms with Crippen LogP contribution in [0.1, 0.15) is 31.4 Å². The number of rotatable bonds is 6. The van der Waals surface area contributed by atoms with Gasteiger partial charge in [0.25, 0.3) is 0 Å². The molecule has 3 heteroatoms. The monoisotopic (exact) mass is 246 g/mol. The van der Waals surface area contributed by atoms with E-state index in [9.17, 15) is 9.59 Å². The van der Waals surface area contributed by atoms with Crippen LogP contribution in [0.3, 0.4) is 0 Å². The zero-order valence-electron chi connectivity index (χ0n) is 10.8. The highest BCUT2D eigenvalue weighted by Crippen LogP contribution is 2.12. The van der Waals surface area contributed by atoms with E-state index in [1.54, 1.807) is 19.9 Å². The van der Waals surface area contributed by atoms with Gasteiger partial charge in [-0.1, -0.05) is 36.4 Å². The predicted octanol–water partition coefficient (Wildman–Crippen LogP) is 2.78. The third-order valence-corrected chi connectivity index (χ3v) is 2.38. The number of ether oxygens (including phenoxy) is 1. The Hall–Kier alpha value is -1.90. The Labute approximate surface area is 107 Å². The second kappa shape index (κ2) is 7.43. The van der Waals surface area contributed by atoms with Crippen LogP contribution in [0.25, 0.3) is 6.08 Å². The lowest BCUT2D eigenvalue weighted by atomic mass is 10.0. The fraction of sp³-hybridized carbons (Fsp3) is 0.333. The fourth-order valence-corrected chi connectivity index (χ4v) is 1.63. The van der Waals surface area contributed by atoms with Gasteiger partial charge in [0, 0.05) is 6.42 Å². The summed E-state index contributed by atoms with van der Waals surface area (Å²) in [5, 5.41) is 0. The van der Waals surface area contributed by atoms with Gasteiger partial charge in [-0.25, -0.2) is 0 Å². The van der Waals surface area contributed by atoms with Gasteiger partial charge in [0.2, 0.25) is 0 Å². The molecule has 0 amide bonds. The lowest BCUT2D eigenvalue weighted by molar-refractivity contribution is -0.142. The Morgan fingerprint density at radius 2 is 2.00 bits per heavy atom. The highest BCUT2D eigenvalue weighted by Gasteiger charge is 2.02. The Morgan fingerprint density at radius 3 is 2.67 bits per heavy atom. The molecule has 3 nitrogen and oxygen atoms in total. The smallest absolute Gasteiger partial charge is 0.309 e. The summed E-state index contributed by atoms with van der Waals surface area (Å²) in [7, 11) is 0. The maximum atomic E-state index is 11.2. The summed E-state index contributed by atoms with van der Waals surface area (Å²) in [6, 6.07) is 7.67. The third kappa shape index (κ3) is 4.95. The van der Waals surface area contributed by atoms with Crippen molar-refractivity contribution in [3.8, 4) is 0 Å². The van der Waals surface area contributed by atoms with Gasteiger partial charge in [0.1, 0.15) is 5.78 Å². The average molecular weight is 246 g/mol. The van der Waals surface area contributed by atoms with Crippen molar-refractivity contribution in [3.05, 3.63) is 41.5 Å². The van der Waals surface area contributed by atoms with Crippen LogP contribution in [0.4, 0.5) is 0 Å². The molecule has 18 heavy (non-hydrogen) atoms.